The van der Waals surface area contributed by atoms with Gasteiger partial charge < -0.3 is 5.32 Å². The van der Waals surface area contributed by atoms with Crippen LogP contribution in [0.15, 0.2) is 45.3 Å². The standard InChI is InChI=1S/C19H20ClN3O3S3/c1-3-23(4-2)29(25,26)15-5-6-16(20)17(10-15)22-18(24)9-14-12-28-19(21-14)13-7-8-27-11-13/h5-8,10-12H,3-4,9H2,1-2H3,(H,22,24). The van der Waals surface area contributed by atoms with Crippen LogP contribution in [-0.4, -0.2) is 36.7 Å². The van der Waals surface area contributed by atoms with E-state index in [4.69, 9.17) is 11.6 Å². The van der Waals surface area contributed by atoms with Crippen molar-refractivity contribution in [3.63, 3.8) is 0 Å². The molecule has 6 nitrogen and oxygen atoms in total. The molecule has 0 radical (unpaired) electrons. The van der Waals surface area contributed by atoms with Gasteiger partial charge in [0.1, 0.15) is 5.01 Å². The molecule has 0 aliphatic rings. The molecule has 0 saturated carbocycles. The van der Waals surface area contributed by atoms with E-state index in [0.717, 1.165) is 10.6 Å². The first kappa shape index (κ1) is 21.9. The minimum absolute atomic E-state index is 0.0734. The molecule has 1 aromatic carbocycles. The molecule has 0 saturated heterocycles. The predicted octanol–water partition coefficient (Wildman–Crippen LogP) is 4.74. The van der Waals surface area contributed by atoms with E-state index in [1.54, 1.807) is 25.2 Å². The zero-order valence-corrected chi connectivity index (χ0v) is 19.1. The molecule has 2 aromatic heterocycles. The molecule has 0 aliphatic carbocycles. The van der Waals surface area contributed by atoms with Crippen LogP contribution < -0.4 is 5.32 Å². The summed E-state index contributed by atoms with van der Waals surface area (Å²) in [6.07, 6.45) is 0.0734. The second-order valence-corrected chi connectivity index (χ2v) is 10.1. The first-order valence-electron chi connectivity index (χ1n) is 8.91. The highest BCUT2D eigenvalue weighted by atomic mass is 35.5. The molecule has 2 heterocycles. The molecule has 154 valence electrons. The number of hydrogen-bond acceptors (Lipinski definition) is 6. The smallest absolute Gasteiger partial charge is 0.243 e. The molecular formula is C19H20ClN3O3S3. The van der Waals surface area contributed by atoms with Gasteiger partial charge in [-0.1, -0.05) is 25.4 Å². The molecule has 10 heteroatoms. The number of thiazole rings is 1. The Kier molecular flexibility index (Phi) is 7.07. The van der Waals surface area contributed by atoms with Crippen LogP contribution in [0.5, 0.6) is 0 Å². The summed E-state index contributed by atoms with van der Waals surface area (Å²) in [5, 5.41) is 9.66. The average molecular weight is 470 g/mol. The molecule has 29 heavy (non-hydrogen) atoms. The Labute approximate surface area is 183 Å². The van der Waals surface area contributed by atoms with Crippen molar-refractivity contribution >= 4 is 55.9 Å². The van der Waals surface area contributed by atoms with Crippen LogP contribution in [0.3, 0.4) is 0 Å². The maximum atomic E-state index is 12.7. The van der Waals surface area contributed by atoms with Gasteiger partial charge in [-0.25, -0.2) is 13.4 Å². The van der Waals surface area contributed by atoms with E-state index >= 15 is 0 Å². The molecule has 0 bridgehead atoms. The summed E-state index contributed by atoms with van der Waals surface area (Å²) in [4.78, 5) is 17.1. The highest BCUT2D eigenvalue weighted by Gasteiger charge is 2.23. The third kappa shape index (κ3) is 5.04. The Balaban J connectivity index is 1.75. The number of nitrogens with zero attached hydrogens (tertiary/aromatic N) is 2. The number of carbonyl (C=O) groups excluding carboxylic acids is 1. The Morgan fingerprint density at radius 2 is 1.97 bits per heavy atom. The number of sulfonamides is 1. The summed E-state index contributed by atoms with van der Waals surface area (Å²) in [5.74, 6) is -0.313. The summed E-state index contributed by atoms with van der Waals surface area (Å²) < 4.78 is 26.8. The van der Waals surface area contributed by atoms with Crippen LogP contribution >= 0.6 is 34.3 Å². The van der Waals surface area contributed by atoms with Gasteiger partial charge in [-0.05, 0) is 29.6 Å². The van der Waals surface area contributed by atoms with Crippen LogP contribution in [0.2, 0.25) is 5.02 Å². The maximum absolute atomic E-state index is 12.7. The van der Waals surface area contributed by atoms with E-state index in [-0.39, 0.29) is 27.9 Å². The third-order valence-corrected chi connectivity index (χ3v) is 8.22. The molecule has 0 aliphatic heterocycles. The van der Waals surface area contributed by atoms with Crippen molar-refractivity contribution in [3.05, 3.63) is 51.1 Å². The summed E-state index contributed by atoms with van der Waals surface area (Å²) in [6.45, 7) is 4.27. The SMILES string of the molecule is CCN(CC)S(=O)(=O)c1ccc(Cl)c(NC(=O)Cc2csc(-c3ccsc3)n2)c1. The van der Waals surface area contributed by atoms with Crippen molar-refractivity contribution in [2.24, 2.45) is 0 Å². The summed E-state index contributed by atoms with van der Waals surface area (Å²) in [5.41, 5.74) is 1.94. The van der Waals surface area contributed by atoms with Crippen LogP contribution in [-0.2, 0) is 21.2 Å². The molecular weight excluding hydrogens is 450 g/mol. The Morgan fingerprint density at radius 3 is 2.62 bits per heavy atom. The second-order valence-electron chi connectivity index (χ2n) is 6.11. The lowest BCUT2D eigenvalue weighted by Crippen LogP contribution is -2.30. The predicted molar refractivity (Wildman–Crippen MR) is 119 cm³/mol. The van der Waals surface area contributed by atoms with E-state index in [0.29, 0.717) is 18.8 Å². The van der Waals surface area contributed by atoms with Crippen LogP contribution in [0, 0.1) is 0 Å². The van der Waals surface area contributed by atoms with Gasteiger partial charge in [0, 0.05) is 29.4 Å². The molecule has 1 N–H and O–H groups in total. The molecule has 3 rings (SSSR count). The van der Waals surface area contributed by atoms with Gasteiger partial charge in [0.05, 0.1) is 27.7 Å². The van der Waals surface area contributed by atoms with E-state index < -0.39 is 10.0 Å². The number of thiophene rings is 1. The number of aromatic nitrogens is 1. The van der Waals surface area contributed by atoms with Gasteiger partial charge >= 0.3 is 0 Å². The number of benzene rings is 1. The first-order chi connectivity index (χ1) is 13.8. The van der Waals surface area contributed by atoms with Crippen molar-refractivity contribution in [2.75, 3.05) is 18.4 Å². The quantitative estimate of drug-likeness (QED) is 0.517. The van der Waals surface area contributed by atoms with Crippen LogP contribution in [0.25, 0.3) is 10.6 Å². The fourth-order valence-corrected chi connectivity index (χ4v) is 5.92. The van der Waals surface area contributed by atoms with E-state index in [1.165, 1.54) is 33.8 Å². The van der Waals surface area contributed by atoms with Crippen molar-refractivity contribution < 1.29 is 13.2 Å². The lowest BCUT2D eigenvalue weighted by Gasteiger charge is -2.19. The lowest BCUT2D eigenvalue weighted by atomic mass is 10.2. The number of hydrogen-bond donors (Lipinski definition) is 1. The topological polar surface area (TPSA) is 79.4 Å². The minimum Gasteiger partial charge on any atom is -0.324 e. The monoisotopic (exact) mass is 469 g/mol. The van der Waals surface area contributed by atoms with E-state index in [1.807, 2.05) is 22.2 Å². The van der Waals surface area contributed by atoms with E-state index in [2.05, 4.69) is 10.3 Å². The second kappa shape index (κ2) is 9.36. The molecule has 0 fully saturated rings. The molecule has 0 spiro atoms. The maximum Gasteiger partial charge on any atom is 0.243 e. The van der Waals surface area contributed by atoms with Crippen LogP contribution in [0.4, 0.5) is 5.69 Å². The molecule has 3 aromatic rings. The number of anilines is 1. The molecule has 0 atom stereocenters. The Hall–Kier alpha value is -1.78. The minimum atomic E-state index is -3.64. The number of nitrogens with one attached hydrogen (secondary N) is 1. The largest absolute Gasteiger partial charge is 0.324 e. The Morgan fingerprint density at radius 1 is 1.21 bits per heavy atom. The van der Waals surface area contributed by atoms with Crippen LogP contribution in [0.1, 0.15) is 19.5 Å². The summed E-state index contributed by atoms with van der Waals surface area (Å²) >= 11 is 9.24. The third-order valence-electron chi connectivity index (χ3n) is 4.22. The van der Waals surface area contributed by atoms with Crippen molar-refractivity contribution in [2.45, 2.75) is 25.2 Å². The lowest BCUT2D eigenvalue weighted by molar-refractivity contribution is -0.115. The van der Waals surface area contributed by atoms with Crippen molar-refractivity contribution in [1.82, 2.24) is 9.29 Å². The van der Waals surface area contributed by atoms with Gasteiger partial charge in [0.2, 0.25) is 15.9 Å². The fourth-order valence-electron chi connectivity index (χ4n) is 2.74. The number of amides is 1. The molecule has 0 unspecified atom stereocenters. The number of halogens is 1. The summed E-state index contributed by atoms with van der Waals surface area (Å²) in [6, 6.07) is 6.30. The van der Waals surface area contributed by atoms with Gasteiger partial charge in [-0.2, -0.15) is 15.6 Å². The van der Waals surface area contributed by atoms with E-state index in [9.17, 15) is 13.2 Å². The molecule has 1 amide bonds. The summed E-state index contributed by atoms with van der Waals surface area (Å²) in [7, 11) is -3.64. The first-order valence-corrected chi connectivity index (χ1v) is 12.6. The highest BCUT2D eigenvalue weighted by molar-refractivity contribution is 7.89. The van der Waals surface area contributed by atoms with Gasteiger partial charge in [0.25, 0.3) is 0 Å². The zero-order valence-electron chi connectivity index (χ0n) is 15.9. The zero-order chi connectivity index (χ0) is 21.0. The van der Waals surface area contributed by atoms with Crippen molar-refractivity contribution in [1.29, 1.82) is 0 Å². The highest BCUT2D eigenvalue weighted by Crippen LogP contribution is 2.28. The normalized spacial score (nSPS) is 11.7. The average Bonchev–Trinajstić information content (AvgIpc) is 3.35. The van der Waals surface area contributed by atoms with Gasteiger partial charge in [0.15, 0.2) is 0 Å². The van der Waals surface area contributed by atoms with Crippen molar-refractivity contribution in [3.8, 4) is 10.6 Å². The number of rotatable bonds is 8. The van der Waals surface area contributed by atoms with Gasteiger partial charge in [-0.3, -0.25) is 4.79 Å². The Bertz CT molecular complexity index is 1090. The number of carbonyl (C=O) groups is 1. The van der Waals surface area contributed by atoms with Gasteiger partial charge in [-0.15, -0.1) is 11.3 Å². The fraction of sp³-hybridized carbons (Fsp3) is 0.263.